The summed E-state index contributed by atoms with van der Waals surface area (Å²) in [6.45, 7) is 0.211. The molecular formula is C15H16N2O4. The van der Waals surface area contributed by atoms with Gasteiger partial charge in [-0.15, -0.1) is 0 Å². The molecule has 2 aliphatic heterocycles. The molecule has 110 valence electrons. The molecule has 3 rings (SSSR count). The predicted molar refractivity (Wildman–Crippen MR) is 75.0 cm³/mol. The van der Waals surface area contributed by atoms with Gasteiger partial charge in [0, 0.05) is 19.7 Å². The molecule has 1 spiro atoms. The number of amides is 3. The number of hydrogen-bond acceptors (Lipinski definition) is 4. The number of carbonyl (C=O) groups excluding carboxylic acids is 2. The van der Waals surface area contributed by atoms with Crippen molar-refractivity contribution in [3.63, 3.8) is 0 Å². The number of rotatable bonds is 1. The summed E-state index contributed by atoms with van der Waals surface area (Å²) < 4.78 is 5.63. The van der Waals surface area contributed by atoms with Crippen molar-refractivity contribution in [1.29, 1.82) is 0 Å². The second kappa shape index (κ2) is 4.68. The normalized spacial score (nSPS) is 29.3. The molecule has 0 saturated carbocycles. The average molecular weight is 288 g/mol. The van der Waals surface area contributed by atoms with Crippen molar-refractivity contribution < 1.29 is 19.4 Å². The number of urea groups is 1. The molecule has 21 heavy (non-hydrogen) atoms. The van der Waals surface area contributed by atoms with E-state index in [4.69, 9.17) is 4.74 Å². The molecule has 6 nitrogen and oxygen atoms in total. The first-order valence-corrected chi connectivity index (χ1v) is 6.63. The van der Waals surface area contributed by atoms with Crippen molar-refractivity contribution in [1.82, 2.24) is 9.80 Å². The third kappa shape index (κ3) is 1.73. The number of nitrogens with zero attached hydrogens (tertiary/aromatic N) is 2. The minimum absolute atomic E-state index is 0.211. The van der Waals surface area contributed by atoms with Crippen LogP contribution in [0.15, 0.2) is 36.4 Å². The van der Waals surface area contributed by atoms with Crippen molar-refractivity contribution in [3.8, 4) is 0 Å². The number of aliphatic hydroxyl groups is 1. The number of aliphatic hydroxyl groups excluding tert-OH is 1. The molecule has 2 unspecified atom stereocenters. The van der Waals surface area contributed by atoms with Crippen molar-refractivity contribution in [2.75, 3.05) is 20.7 Å². The van der Waals surface area contributed by atoms with Gasteiger partial charge in [0.05, 0.1) is 6.61 Å². The highest BCUT2D eigenvalue weighted by Crippen LogP contribution is 2.42. The van der Waals surface area contributed by atoms with E-state index < -0.39 is 23.8 Å². The fraction of sp³-hybridized carbons (Fsp3) is 0.333. The highest BCUT2D eigenvalue weighted by atomic mass is 16.5. The molecule has 1 fully saturated rings. The number of likely N-dealkylation sites (N-methyl/N-ethyl adjacent to an activating group) is 2. The van der Waals surface area contributed by atoms with Gasteiger partial charge in [0.1, 0.15) is 0 Å². The Morgan fingerprint density at radius 3 is 2.57 bits per heavy atom. The standard InChI is InChI=1S/C15H16N2O4/c1-16-12(18)15(13(19)17(2)14(16)20)11(8-9-21-15)10-6-4-3-5-7-10/h3-8,12,18H,9H2,1-2H3. The van der Waals surface area contributed by atoms with Gasteiger partial charge in [-0.1, -0.05) is 36.4 Å². The van der Waals surface area contributed by atoms with E-state index in [0.717, 1.165) is 15.4 Å². The van der Waals surface area contributed by atoms with Crippen molar-refractivity contribution >= 4 is 17.5 Å². The number of ether oxygens (including phenoxy) is 1. The largest absolute Gasteiger partial charge is 0.370 e. The molecule has 2 atom stereocenters. The summed E-state index contributed by atoms with van der Waals surface area (Å²) in [6, 6.07) is 8.70. The highest BCUT2D eigenvalue weighted by molar-refractivity contribution is 6.09. The van der Waals surface area contributed by atoms with E-state index in [0.29, 0.717) is 5.57 Å². The Hall–Kier alpha value is -2.18. The van der Waals surface area contributed by atoms with Gasteiger partial charge in [-0.05, 0) is 5.56 Å². The molecule has 0 radical (unpaired) electrons. The Labute approximate surface area is 122 Å². The predicted octanol–water partition coefficient (Wildman–Crippen LogP) is 0.681. The Morgan fingerprint density at radius 1 is 1.24 bits per heavy atom. The van der Waals surface area contributed by atoms with Crippen LogP contribution in [0.1, 0.15) is 5.56 Å². The minimum Gasteiger partial charge on any atom is -0.370 e. The lowest BCUT2D eigenvalue weighted by atomic mass is 9.84. The molecule has 1 aromatic rings. The van der Waals surface area contributed by atoms with E-state index in [-0.39, 0.29) is 6.61 Å². The van der Waals surface area contributed by atoms with Gasteiger partial charge in [-0.3, -0.25) is 14.6 Å². The van der Waals surface area contributed by atoms with Crippen molar-refractivity contribution in [2.24, 2.45) is 0 Å². The van der Waals surface area contributed by atoms with Gasteiger partial charge in [-0.25, -0.2) is 4.79 Å². The molecule has 1 saturated heterocycles. The summed E-state index contributed by atoms with van der Waals surface area (Å²) in [6.07, 6.45) is 0.413. The molecule has 0 aromatic heterocycles. The Bertz CT molecular complexity index is 628. The topological polar surface area (TPSA) is 70.1 Å². The number of hydrogen-bond donors (Lipinski definition) is 1. The van der Waals surface area contributed by atoms with Gasteiger partial charge in [0.2, 0.25) is 5.60 Å². The molecule has 2 heterocycles. The SMILES string of the molecule is CN1C(=O)N(C)C(O)C2(OCC=C2c2ccccc2)C1=O. The van der Waals surface area contributed by atoms with Crippen LogP contribution >= 0.6 is 0 Å². The third-order valence-corrected chi connectivity index (χ3v) is 4.02. The van der Waals surface area contributed by atoms with Crippen LogP contribution in [0, 0.1) is 0 Å². The number of benzene rings is 1. The minimum atomic E-state index is -1.56. The summed E-state index contributed by atoms with van der Waals surface area (Å²) in [7, 11) is 2.83. The van der Waals surface area contributed by atoms with Crippen LogP contribution in [0.3, 0.4) is 0 Å². The maximum Gasteiger partial charge on any atom is 0.328 e. The first-order chi connectivity index (χ1) is 10.00. The maximum absolute atomic E-state index is 12.7. The Balaban J connectivity index is 2.12. The smallest absolute Gasteiger partial charge is 0.328 e. The fourth-order valence-corrected chi connectivity index (χ4v) is 2.89. The Morgan fingerprint density at radius 2 is 1.90 bits per heavy atom. The van der Waals surface area contributed by atoms with Crippen molar-refractivity contribution in [2.45, 2.75) is 11.8 Å². The van der Waals surface area contributed by atoms with E-state index in [9.17, 15) is 14.7 Å². The van der Waals surface area contributed by atoms with Crippen LogP contribution in [0.2, 0.25) is 0 Å². The highest BCUT2D eigenvalue weighted by Gasteiger charge is 2.60. The zero-order chi connectivity index (χ0) is 15.2. The van der Waals surface area contributed by atoms with Gasteiger partial charge < -0.3 is 9.84 Å². The summed E-state index contributed by atoms with van der Waals surface area (Å²) in [5.74, 6) is -0.550. The van der Waals surface area contributed by atoms with Gasteiger partial charge >= 0.3 is 6.03 Å². The van der Waals surface area contributed by atoms with Crippen LogP contribution in [0.5, 0.6) is 0 Å². The summed E-state index contributed by atoms with van der Waals surface area (Å²) in [5.41, 5.74) is -0.177. The first kappa shape index (κ1) is 13.8. The van der Waals surface area contributed by atoms with Gasteiger partial charge in [0.25, 0.3) is 5.91 Å². The Kier molecular flexibility index (Phi) is 3.07. The van der Waals surface area contributed by atoms with Crippen LogP contribution in [0.25, 0.3) is 5.57 Å². The van der Waals surface area contributed by atoms with Gasteiger partial charge in [-0.2, -0.15) is 0 Å². The number of imide groups is 1. The lowest BCUT2D eigenvalue weighted by Gasteiger charge is -2.45. The van der Waals surface area contributed by atoms with Crippen LogP contribution < -0.4 is 0 Å². The van der Waals surface area contributed by atoms with Crippen molar-refractivity contribution in [3.05, 3.63) is 42.0 Å². The van der Waals surface area contributed by atoms with Crippen LogP contribution in [-0.2, 0) is 9.53 Å². The molecule has 0 bridgehead atoms. The molecule has 3 amide bonds. The third-order valence-electron chi connectivity index (χ3n) is 4.02. The summed E-state index contributed by atoms with van der Waals surface area (Å²) >= 11 is 0. The fourth-order valence-electron chi connectivity index (χ4n) is 2.89. The number of carbonyl (C=O) groups is 2. The van der Waals surface area contributed by atoms with Gasteiger partial charge in [0.15, 0.2) is 6.23 Å². The molecule has 6 heteroatoms. The monoisotopic (exact) mass is 288 g/mol. The zero-order valence-corrected chi connectivity index (χ0v) is 11.8. The second-order valence-electron chi connectivity index (χ2n) is 5.16. The van der Waals surface area contributed by atoms with E-state index in [1.165, 1.54) is 14.1 Å². The zero-order valence-electron chi connectivity index (χ0n) is 11.8. The van der Waals surface area contributed by atoms with Crippen LogP contribution in [0.4, 0.5) is 4.79 Å². The molecule has 0 aliphatic carbocycles. The second-order valence-corrected chi connectivity index (χ2v) is 5.16. The summed E-state index contributed by atoms with van der Waals surface area (Å²) in [5, 5.41) is 10.5. The van der Waals surface area contributed by atoms with E-state index in [2.05, 4.69) is 0 Å². The molecule has 2 aliphatic rings. The van der Waals surface area contributed by atoms with E-state index in [1.54, 1.807) is 6.08 Å². The maximum atomic E-state index is 12.7. The molecule has 1 N–H and O–H groups in total. The van der Waals surface area contributed by atoms with Crippen LogP contribution in [-0.4, -0.2) is 59.4 Å². The van der Waals surface area contributed by atoms with E-state index >= 15 is 0 Å². The quantitative estimate of drug-likeness (QED) is 0.825. The lowest BCUT2D eigenvalue weighted by molar-refractivity contribution is -0.176. The average Bonchev–Trinajstić information content (AvgIpc) is 2.96. The van der Waals surface area contributed by atoms with E-state index in [1.807, 2.05) is 30.3 Å². The molecular weight excluding hydrogens is 272 g/mol. The summed E-state index contributed by atoms with van der Waals surface area (Å²) in [4.78, 5) is 26.7. The molecule has 1 aromatic carbocycles. The first-order valence-electron chi connectivity index (χ1n) is 6.63. The lowest BCUT2D eigenvalue weighted by Crippen LogP contribution is -2.69.